The van der Waals surface area contributed by atoms with Gasteiger partial charge in [-0.1, -0.05) is 18.2 Å². The van der Waals surface area contributed by atoms with Gasteiger partial charge in [-0.25, -0.2) is 4.79 Å². The third-order valence-corrected chi connectivity index (χ3v) is 4.11. The lowest BCUT2D eigenvalue weighted by Gasteiger charge is -2.26. The van der Waals surface area contributed by atoms with Gasteiger partial charge in [0, 0.05) is 5.69 Å². The Kier molecular flexibility index (Phi) is 3.90. The summed E-state index contributed by atoms with van der Waals surface area (Å²) in [6.07, 6.45) is 3.42. The van der Waals surface area contributed by atoms with E-state index in [0.717, 1.165) is 24.1 Å². The van der Waals surface area contributed by atoms with Crippen LogP contribution in [0.4, 0.5) is 10.5 Å². The van der Waals surface area contributed by atoms with Gasteiger partial charge in [0.15, 0.2) is 0 Å². The number of hydrogen-bond donors (Lipinski definition) is 3. The molecule has 3 rings (SSSR count). The number of aryl methyl sites for hydroxylation is 1. The van der Waals surface area contributed by atoms with Crippen LogP contribution in [0.15, 0.2) is 47.1 Å². The first-order chi connectivity index (χ1) is 10.6. The minimum atomic E-state index is -1.13. The van der Waals surface area contributed by atoms with E-state index in [1.54, 1.807) is 12.1 Å². The van der Waals surface area contributed by atoms with Crippen molar-refractivity contribution in [1.82, 2.24) is 5.32 Å². The van der Waals surface area contributed by atoms with Crippen molar-refractivity contribution >= 4 is 11.7 Å². The van der Waals surface area contributed by atoms with Crippen LogP contribution in [0.25, 0.3) is 0 Å². The van der Waals surface area contributed by atoms with Crippen molar-refractivity contribution in [3.8, 4) is 0 Å². The smallest absolute Gasteiger partial charge is 0.319 e. The SMILES string of the molecule is Cc1ccccc1NC(=O)NCC(O)(c1ccco1)C1CC1. The van der Waals surface area contributed by atoms with E-state index in [1.165, 1.54) is 6.26 Å². The van der Waals surface area contributed by atoms with Crippen molar-refractivity contribution in [3.05, 3.63) is 54.0 Å². The van der Waals surface area contributed by atoms with Crippen LogP contribution in [0.2, 0.25) is 0 Å². The molecule has 1 aromatic carbocycles. The normalized spacial score (nSPS) is 16.8. The average Bonchev–Trinajstić information content (AvgIpc) is 3.22. The van der Waals surface area contributed by atoms with Crippen molar-refractivity contribution < 1.29 is 14.3 Å². The highest BCUT2D eigenvalue weighted by Crippen LogP contribution is 2.45. The largest absolute Gasteiger partial charge is 0.466 e. The zero-order valence-corrected chi connectivity index (χ0v) is 12.5. The van der Waals surface area contributed by atoms with Crippen molar-refractivity contribution in [1.29, 1.82) is 0 Å². The molecule has 0 aliphatic heterocycles. The first-order valence-electron chi connectivity index (χ1n) is 7.46. The van der Waals surface area contributed by atoms with Crippen LogP contribution in [-0.2, 0) is 5.60 Å². The molecule has 1 atom stereocenters. The van der Waals surface area contributed by atoms with E-state index in [-0.39, 0.29) is 18.5 Å². The van der Waals surface area contributed by atoms with Gasteiger partial charge in [-0.15, -0.1) is 0 Å². The Morgan fingerprint density at radius 2 is 2.09 bits per heavy atom. The zero-order valence-electron chi connectivity index (χ0n) is 12.5. The summed E-state index contributed by atoms with van der Waals surface area (Å²) in [4.78, 5) is 12.1. The second-order valence-corrected chi connectivity index (χ2v) is 5.80. The zero-order chi connectivity index (χ0) is 15.6. The van der Waals surface area contributed by atoms with Gasteiger partial charge in [0.05, 0.1) is 12.8 Å². The summed E-state index contributed by atoms with van der Waals surface area (Å²) >= 11 is 0. The topological polar surface area (TPSA) is 74.5 Å². The van der Waals surface area contributed by atoms with Crippen molar-refractivity contribution in [3.63, 3.8) is 0 Å². The highest BCUT2D eigenvalue weighted by Gasteiger charge is 2.47. The number of benzene rings is 1. The lowest BCUT2D eigenvalue weighted by Crippen LogP contribution is -2.43. The summed E-state index contributed by atoms with van der Waals surface area (Å²) in [5.74, 6) is 0.642. The third kappa shape index (κ3) is 2.99. The summed E-state index contributed by atoms with van der Waals surface area (Å²) < 4.78 is 5.35. The van der Waals surface area contributed by atoms with Crippen LogP contribution >= 0.6 is 0 Å². The fourth-order valence-corrected chi connectivity index (χ4v) is 2.61. The maximum atomic E-state index is 12.1. The molecular formula is C17H20N2O3. The van der Waals surface area contributed by atoms with Crippen LogP contribution < -0.4 is 10.6 Å². The first kappa shape index (κ1) is 14.7. The van der Waals surface area contributed by atoms with E-state index in [0.29, 0.717) is 5.76 Å². The van der Waals surface area contributed by atoms with Gasteiger partial charge in [0.2, 0.25) is 0 Å². The Bertz CT molecular complexity index is 650. The van der Waals surface area contributed by atoms with Crippen molar-refractivity contribution in [2.24, 2.45) is 5.92 Å². The molecule has 2 amide bonds. The molecule has 1 heterocycles. The Labute approximate surface area is 129 Å². The molecule has 1 aromatic heterocycles. The number of hydrogen-bond acceptors (Lipinski definition) is 3. The molecule has 0 bridgehead atoms. The molecule has 1 fully saturated rings. The molecule has 0 spiro atoms. The number of carbonyl (C=O) groups is 1. The molecule has 5 heteroatoms. The maximum Gasteiger partial charge on any atom is 0.319 e. The van der Waals surface area contributed by atoms with Crippen LogP contribution in [0.3, 0.4) is 0 Å². The summed E-state index contributed by atoms with van der Waals surface area (Å²) in [6, 6.07) is 10.7. The van der Waals surface area contributed by atoms with Crippen LogP contribution in [0.1, 0.15) is 24.2 Å². The lowest BCUT2D eigenvalue weighted by atomic mass is 9.94. The van der Waals surface area contributed by atoms with Crippen molar-refractivity contribution in [2.45, 2.75) is 25.4 Å². The Balaban J connectivity index is 1.63. The van der Waals surface area contributed by atoms with Crippen LogP contribution in [-0.4, -0.2) is 17.7 Å². The number of carbonyl (C=O) groups excluding carboxylic acids is 1. The number of urea groups is 1. The molecule has 0 saturated heterocycles. The lowest BCUT2D eigenvalue weighted by molar-refractivity contribution is -0.00414. The van der Waals surface area contributed by atoms with E-state index in [4.69, 9.17) is 4.42 Å². The van der Waals surface area contributed by atoms with Gasteiger partial charge in [0.25, 0.3) is 0 Å². The number of furan rings is 1. The fourth-order valence-electron chi connectivity index (χ4n) is 2.61. The van der Waals surface area contributed by atoms with Gasteiger partial charge in [-0.05, 0) is 49.4 Å². The van der Waals surface area contributed by atoms with Gasteiger partial charge < -0.3 is 20.2 Å². The van der Waals surface area contributed by atoms with Crippen LogP contribution in [0, 0.1) is 12.8 Å². The molecule has 2 aromatic rings. The number of para-hydroxylation sites is 1. The maximum absolute atomic E-state index is 12.1. The number of amides is 2. The number of rotatable bonds is 5. The standard InChI is InChI=1S/C17H20N2O3/c1-12-5-2-3-6-14(12)19-16(20)18-11-17(21,13-8-9-13)15-7-4-10-22-15/h2-7,10,13,21H,8-9,11H2,1H3,(H2,18,19,20). The Morgan fingerprint density at radius 1 is 1.32 bits per heavy atom. The Morgan fingerprint density at radius 3 is 2.73 bits per heavy atom. The summed E-state index contributed by atoms with van der Waals surface area (Å²) in [5, 5.41) is 16.4. The Hall–Kier alpha value is -2.27. The quantitative estimate of drug-likeness (QED) is 0.794. The van der Waals surface area contributed by atoms with E-state index in [2.05, 4.69) is 10.6 Å². The molecule has 1 aliphatic carbocycles. The molecule has 22 heavy (non-hydrogen) atoms. The van der Waals surface area contributed by atoms with Gasteiger partial charge in [0.1, 0.15) is 11.4 Å². The molecule has 1 saturated carbocycles. The van der Waals surface area contributed by atoms with Crippen LogP contribution in [0.5, 0.6) is 0 Å². The third-order valence-electron chi connectivity index (χ3n) is 4.11. The molecule has 1 unspecified atom stereocenters. The van der Waals surface area contributed by atoms with E-state index in [9.17, 15) is 9.90 Å². The predicted molar refractivity (Wildman–Crippen MR) is 83.5 cm³/mol. The van der Waals surface area contributed by atoms with Gasteiger partial charge in [-0.2, -0.15) is 0 Å². The van der Waals surface area contributed by atoms with E-state index >= 15 is 0 Å². The molecule has 1 aliphatic rings. The van der Waals surface area contributed by atoms with Crippen molar-refractivity contribution in [2.75, 3.05) is 11.9 Å². The molecule has 3 N–H and O–H groups in total. The monoisotopic (exact) mass is 300 g/mol. The number of nitrogens with one attached hydrogen (secondary N) is 2. The second kappa shape index (κ2) is 5.85. The van der Waals surface area contributed by atoms with Gasteiger partial charge in [-0.3, -0.25) is 0 Å². The molecule has 0 radical (unpaired) electrons. The van der Waals surface area contributed by atoms with E-state index in [1.807, 2.05) is 31.2 Å². The summed E-state index contributed by atoms with van der Waals surface area (Å²) in [7, 11) is 0. The summed E-state index contributed by atoms with van der Waals surface area (Å²) in [6.45, 7) is 2.06. The highest BCUT2D eigenvalue weighted by molar-refractivity contribution is 5.90. The fraction of sp³-hybridized carbons (Fsp3) is 0.353. The number of aliphatic hydroxyl groups is 1. The second-order valence-electron chi connectivity index (χ2n) is 5.80. The predicted octanol–water partition coefficient (Wildman–Crippen LogP) is 3.01. The number of anilines is 1. The molecule has 5 nitrogen and oxygen atoms in total. The first-order valence-corrected chi connectivity index (χ1v) is 7.46. The minimum absolute atomic E-state index is 0.128. The molecular weight excluding hydrogens is 280 g/mol. The summed E-state index contributed by atoms with van der Waals surface area (Å²) in [5.41, 5.74) is 0.612. The highest BCUT2D eigenvalue weighted by atomic mass is 16.4. The van der Waals surface area contributed by atoms with E-state index < -0.39 is 5.60 Å². The average molecular weight is 300 g/mol. The minimum Gasteiger partial charge on any atom is -0.466 e. The van der Waals surface area contributed by atoms with Gasteiger partial charge >= 0.3 is 6.03 Å². The molecule has 116 valence electrons.